The third-order valence-corrected chi connectivity index (χ3v) is 26.3. The summed E-state index contributed by atoms with van der Waals surface area (Å²) in [6, 6.07) is 103. The third-order valence-electron chi connectivity index (χ3n) is 26.3. The SMILES string of the molecule is Cc1c(-c2c3ccc(C(C)C)cc3cc[n+]2C)c2oc3ccccc3c2c2ccccc12.Cc1c(-c2c3ccccc3cc[n+]2C)c2oc3ccccc3c2c2ccccc12.[2H]C(C)(C)c1ccc2c(-c3c(C)c4ccccc4c4c3oc3ccccc34)[n+](C)ccc2c1.[2H]C([2H])([2H])C([2H])(C)c1ccc2c(-c3c(C)c4ccccc4c4c3oc3ccccc34)[n+](C)ccc2c1. The monoisotopic (exact) mass is 1630 g/mol. The number of rotatable bonds is 7. The van der Waals surface area contributed by atoms with Gasteiger partial charge < -0.3 is 17.7 Å². The molecule has 0 amide bonds. The number of fused-ring (bicyclic) bond motifs is 24. The summed E-state index contributed by atoms with van der Waals surface area (Å²) in [6.07, 6.45) is 8.41. The summed E-state index contributed by atoms with van der Waals surface area (Å²) < 4.78 is 75.6. The van der Waals surface area contributed by atoms with Crippen molar-refractivity contribution in [3.63, 3.8) is 0 Å². The van der Waals surface area contributed by atoms with Gasteiger partial charge in [-0.1, -0.05) is 266 Å². The van der Waals surface area contributed by atoms with Gasteiger partial charge in [-0.15, -0.1) is 0 Å². The van der Waals surface area contributed by atoms with Crippen molar-refractivity contribution < 1.29 is 42.8 Å². The number of hydrogen-bond donors (Lipinski definition) is 0. The van der Waals surface area contributed by atoms with Crippen LogP contribution in [0.5, 0.6) is 0 Å². The fraction of sp³-hybridized carbons (Fsp3) is 0.145. The maximum absolute atomic E-state index is 8.57. The van der Waals surface area contributed by atoms with E-state index in [0.717, 1.165) is 121 Å². The summed E-state index contributed by atoms with van der Waals surface area (Å²) >= 11 is 0. The van der Waals surface area contributed by atoms with Crippen LogP contribution in [0, 0.1) is 27.7 Å². The molecule has 0 N–H and O–H groups in total. The van der Waals surface area contributed by atoms with Gasteiger partial charge in [0.05, 0.1) is 43.8 Å². The largest absolute Gasteiger partial charge is 0.455 e. The molecule has 1 atom stereocenters. The van der Waals surface area contributed by atoms with Gasteiger partial charge in [0.2, 0.25) is 22.8 Å². The Kier molecular flexibility index (Phi) is 17.7. The average molecular weight is 1630 g/mol. The minimum absolute atomic E-state index is 0.471. The maximum atomic E-state index is 8.57. The minimum Gasteiger partial charge on any atom is -0.455 e. The van der Waals surface area contributed by atoms with Gasteiger partial charge in [0.25, 0.3) is 0 Å². The molecular formula is C117H98N4O4+4. The van der Waals surface area contributed by atoms with E-state index in [0.29, 0.717) is 11.5 Å². The summed E-state index contributed by atoms with van der Waals surface area (Å²) in [7, 11) is 8.36. The number of aromatic nitrogens is 4. The number of aryl methyl sites for hydroxylation is 8. The number of para-hydroxylation sites is 4. The molecular weight excluding hydrogens is 1530 g/mol. The molecule has 24 aromatic rings. The number of pyridine rings is 4. The molecule has 606 valence electrons. The predicted molar refractivity (Wildman–Crippen MR) is 523 cm³/mol. The second-order valence-electron chi connectivity index (χ2n) is 34.3. The van der Waals surface area contributed by atoms with E-state index in [1.807, 2.05) is 81.7 Å². The normalized spacial score (nSPS) is 13.2. The van der Waals surface area contributed by atoms with Gasteiger partial charge in [-0.25, -0.2) is 18.3 Å². The Morgan fingerprint density at radius 2 is 0.472 bits per heavy atom. The molecule has 125 heavy (non-hydrogen) atoms. The molecule has 0 saturated carbocycles. The highest BCUT2D eigenvalue weighted by molar-refractivity contribution is 6.28. The van der Waals surface area contributed by atoms with Crippen LogP contribution >= 0.6 is 0 Å². The van der Waals surface area contributed by atoms with Crippen molar-refractivity contribution in [1.82, 2.24) is 0 Å². The molecule has 1 unspecified atom stereocenters. The Balaban J connectivity index is 0.000000105. The van der Waals surface area contributed by atoms with Crippen molar-refractivity contribution in [2.45, 2.75) is 86.9 Å². The molecule has 0 spiro atoms. The molecule has 0 fully saturated rings. The van der Waals surface area contributed by atoms with E-state index in [-0.39, 0.29) is 0 Å². The van der Waals surface area contributed by atoms with Crippen molar-refractivity contribution in [3.8, 4) is 45.0 Å². The molecule has 0 aliphatic rings. The summed E-state index contributed by atoms with van der Waals surface area (Å²) in [5, 5.41) is 28.2. The van der Waals surface area contributed by atoms with E-state index >= 15 is 0 Å². The highest BCUT2D eigenvalue weighted by Crippen LogP contribution is 2.50. The van der Waals surface area contributed by atoms with Gasteiger partial charge in [-0.05, 0) is 198 Å². The average Bonchev–Trinajstić information content (AvgIpc) is 1.53. The molecule has 0 bridgehead atoms. The van der Waals surface area contributed by atoms with Crippen LogP contribution < -0.4 is 18.3 Å². The first kappa shape index (κ1) is 72.1. The van der Waals surface area contributed by atoms with Gasteiger partial charge >= 0.3 is 0 Å². The van der Waals surface area contributed by atoms with E-state index in [4.69, 9.17) is 24.5 Å². The molecule has 8 heteroatoms. The highest BCUT2D eigenvalue weighted by Gasteiger charge is 2.32. The molecule has 0 saturated heterocycles. The lowest BCUT2D eigenvalue weighted by molar-refractivity contribution is -0.659. The van der Waals surface area contributed by atoms with Crippen LogP contribution in [0.2, 0.25) is 0 Å². The van der Waals surface area contributed by atoms with Crippen molar-refractivity contribution >= 4 is 174 Å². The molecule has 16 aromatic carbocycles. The number of hydrogen-bond acceptors (Lipinski definition) is 4. The lowest BCUT2D eigenvalue weighted by Gasteiger charge is -2.13. The van der Waals surface area contributed by atoms with Gasteiger partial charge in [-0.2, -0.15) is 0 Å². The van der Waals surface area contributed by atoms with Crippen molar-refractivity contribution in [3.05, 3.63) is 361 Å². The van der Waals surface area contributed by atoms with Crippen molar-refractivity contribution in [2.75, 3.05) is 0 Å². The number of nitrogens with zero attached hydrogens (tertiary/aromatic N) is 4. The first-order valence-corrected chi connectivity index (χ1v) is 43.2. The Morgan fingerprint density at radius 3 is 0.760 bits per heavy atom. The van der Waals surface area contributed by atoms with Crippen LogP contribution in [-0.2, 0) is 28.2 Å². The minimum atomic E-state index is -2.43. The fourth-order valence-electron chi connectivity index (χ4n) is 20.0. The smallest absolute Gasteiger partial charge is 0.224 e. The van der Waals surface area contributed by atoms with E-state index < -0.39 is 18.6 Å². The van der Waals surface area contributed by atoms with Crippen LogP contribution in [0.4, 0.5) is 0 Å². The highest BCUT2D eigenvalue weighted by atomic mass is 16.3. The van der Waals surface area contributed by atoms with Gasteiger partial charge in [0.1, 0.15) is 72.9 Å². The van der Waals surface area contributed by atoms with Crippen LogP contribution in [-0.4, -0.2) is 0 Å². The maximum Gasteiger partial charge on any atom is 0.224 e. The van der Waals surface area contributed by atoms with Gasteiger partial charge in [-0.3, -0.25) is 0 Å². The standard InChI is InChI=1S/3C30H26NO.C27H20NO/c3*1-18(2)20-13-14-23-21(17-20)15-16-31(4)29(23)27-19(3)22-9-5-6-10-24(22)28-25-11-7-8-12-26(25)32-30(27)28;1-17-19-10-5-6-12-21(19)25-22-13-7-8-14-23(22)29-27(25)24(17)26-20-11-4-3-9-18(20)15-16-28(26)2/h3*5-18H,1-4H3;3-16H,1-2H3/q4*+1/i1D3,18D;18D;;. The zero-order valence-corrected chi connectivity index (χ0v) is 72.6. The fourth-order valence-corrected chi connectivity index (χ4v) is 20.0. The van der Waals surface area contributed by atoms with E-state index in [2.05, 4.69) is 336 Å². The summed E-state index contributed by atoms with van der Waals surface area (Å²) in [4.78, 5) is 0. The Hall–Kier alpha value is -14.6. The molecule has 8 aromatic heterocycles. The lowest BCUT2D eigenvalue weighted by atomic mass is 9.91. The van der Waals surface area contributed by atoms with E-state index in [9.17, 15) is 0 Å². The molecule has 0 aliphatic carbocycles. The van der Waals surface area contributed by atoms with Gasteiger partial charge in [0.15, 0.2) is 24.8 Å². The summed E-state index contributed by atoms with van der Waals surface area (Å²) in [5.41, 5.74) is 24.0. The second-order valence-corrected chi connectivity index (χ2v) is 34.3. The molecule has 8 nitrogen and oxygen atoms in total. The molecule has 0 radical (unpaired) electrons. The molecule has 24 rings (SSSR count). The van der Waals surface area contributed by atoms with E-state index in [1.165, 1.54) is 138 Å². The lowest BCUT2D eigenvalue weighted by Crippen LogP contribution is -2.30. The predicted octanol–water partition coefficient (Wildman–Crippen LogP) is 30.1. The van der Waals surface area contributed by atoms with Crippen LogP contribution in [0.1, 0.15) is 105 Å². The second kappa shape index (κ2) is 30.8. The number of benzene rings is 16. The zero-order valence-electron chi connectivity index (χ0n) is 77.6. The van der Waals surface area contributed by atoms with Crippen LogP contribution in [0.15, 0.2) is 340 Å². The zero-order chi connectivity index (χ0) is 89.8. The van der Waals surface area contributed by atoms with Crippen molar-refractivity contribution in [1.29, 1.82) is 0 Å². The van der Waals surface area contributed by atoms with Crippen LogP contribution in [0.3, 0.4) is 0 Å². The quantitative estimate of drug-likeness (QED) is 0.149. The Morgan fingerprint density at radius 1 is 0.240 bits per heavy atom. The first-order chi connectivity index (χ1) is 62.7. The molecule has 8 heterocycles. The Labute approximate surface area is 733 Å². The third kappa shape index (κ3) is 12.7. The van der Waals surface area contributed by atoms with Crippen molar-refractivity contribution in [2.24, 2.45) is 28.2 Å². The summed E-state index contributed by atoms with van der Waals surface area (Å²) in [5.74, 6) is -1.84. The Bertz CT molecular complexity index is 8840. The first-order valence-electron chi connectivity index (χ1n) is 45.7. The topological polar surface area (TPSA) is 68.1 Å². The summed E-state index contributed by atoms with van der Waals surface area (Å²) in [6.45, 7) is 16.2. The van der Waals surface area contributed by atoms with E-state index in [1.54, 1.807) is 6.07 Å². The number of furan rings is 4. The van der Waals surface area contributed by atoms with Gasteiger partial charge in [0, 0.05) is 74.2 Å². The molecule has 0 aliphatic heterocycles. The van der Waals surface area contributed by atoms with Crippen LogP contribution in [0.25, 0.3) is 219 Å².